The quantitative estimate of drug-likeness (QED) is 0.261. The molecule has 0 aliphatic heterocycles. The van der Waals surface area contributed by atoms with Crippen molar-refractivity contribution >= 4 is 52.6 Å². The number of ketones is 3. The number of carboxylic acids is 3. The summed E-state index contributed by atoms with van der Waals surface area (Å²) >= 11 is 0. The summed E-state index contributed by atoms with van der Waals surface area (Å²) in [6, 6.07) is 0. The van der Waals surface area contributed by atoms with E-state index in [1.807, 2.05) is 13.8 Å². The van der Waals surface area contributed by atoms with E-state index in [-0.39, 0.29) is 34.7 Å². The van der Waals surface area contributed by atoms with Crippen LogP contribution in [0.3, 0.4) is 0 Å². The zero-order chi connectivity index (χ0) is 21.8. The zero-order valence-corrected chi connectivity index (χ0v) is 17.8. The molecular weight excluding hydrogens is 387 g/mol. The van der Waals surface area contributed by atoms with Crippen LogP contribution in [-0.2, 0) is 28.8 Å². The molecule has 10 heteroatoms. The third-order valence-electron chi connectivity index (χ3n) is 2.69. The van der Waals surface area contributed by atoms with Gasteiger partial charge in [-0.3, -0.25) is 14.4 Å². The second-order valence-electron chi connectivity index (χ2n) is 5.63. The maximum absolute atomic E-state index is 10.6. The maximum atomic E-state index is 10.6. The molecule has 0 N–H and O–H groups in total. The Morgan fingerprint density at radius 3 is 1.04 bits per heavy atom. The fourth-order valence-electron chi connectivity index (χ4n) is 1.45. The average molecular weight is 414 g/mol. The minimum atomic E-state index is -1.31. The van der Waals surface area contributed by atoms with Gasteiger partial charge < -0.3 is 29.7 Å². The van der Waals surface area contributed by atoms with Crippen molar-refractivity contribution in [2.24, 2.45) is 0 Å². The number of unbranched alkanes of at least 4 members (excludes halogenated alkanes) is 2. The molecule has 28 heavy (non-hydrogen) atoms. The van der Waals surface area contributed by atoms with E-state index < -0.39 is 37.2 Å². The van der Waals surface area contributed by atoms with E-state index in [1.54, 1.807) is 0 Å². The Bertz CT molecular complexity index is 457. The van der Waals surface area contributed by atoms with Crippen LogP contribution in [0.25, 0.3) is 0 Å². The van der Waals surface area contributed by atoms with Crippen molar-refractivity contribution in [3.8, 4) is 0 Å². The third-order valence-corrected chi connectivity index (χ3v) is 2.69. The monoisotopic (exact) mass is 414 g/mol. The Morgan fingerprint density at radius 1 is 0.607 bits per heavy atom. The van der Waals surface area contributed by atoms with Gasteiger partial charge in [-0.05, 0) is 19.8 Å². The summed E-state index contributed by atoms with van der Waals surface area (Å²) < 4.78 is 0. The first-order valence-electron chi connectivity index (χ1n) is 8.58. The van der Waals surface area contributed by atoms with Crippen molar-refractivity contribution in [2.45, 2.75) is 78.6 Å². The molecule has 0 bridgehead atoms. The first kappa shape index (κ1) is 33.5. The second-order valence-corrected chi connectivity index (χ2v) is 5.63. The number of hydrogen-bond acceptors (Lipinski definition) is 9. The smallest absolute Gasteiger partial charge is 0.550 e. The van der Waals surface area contributed by atoms with E-state index in [2.05, 4.69) is 0 Å². The van der Waals surface area contributed by atoms with E-state index in [4.69, 9.17) is 0 Å². The SMILES string of the molecule is CC(=O)CC(=O)[O-].CCCCC(=O)CC(=O)[O-].CCCCC(=O)CC(=O)[O-].[Al+3]. The molecule has 0 aliphatic rings. The van der Waals surface area contributed by atoms with Crippen LogP contribution < -0.4 is 15.3 Å². The van der Waals surface area contributed by atoms with Crippen LogP contribution in [0.5, 0.6) is 0 Å². The third kappa shape index (κ3) is 39.2. The van der Waals surface area contributed by atoms with Gasteiger partial charge in [0.25, 0.3) is 0 Å². The van der Waals surface area contributed by atoms with E-state index in [0.29, 0.717) is 12.8 Å². The van der Waals surface area contributed by atoms with E-state index >= 15 is 0 Å². The molecule has 0 fully saturated rings. The molecule has 0 saturated carbocycles. The van der Waals surface area contributed by atoms with Gasteiger partial charge in [-0.25, -0.2) is 0 Å². The fourth-order valence-corrected chi connectivity index (χ4v) is 1.45. The van der Waals surface area contributed by atoms with Gasteiger partial charge in [0, 0.05) is 50.0 Å². The van der Waals surface area contributed by atoms with Crippen LogP contribution in [-0.4, -0.2) is 52.6 Å². The molecule has 0 radical (unpaired) electrons. The van der Waals surface area contributed by atoms with Crippen LogP contribution in [0.2, 0.25) is 0 Å². The van der Waals surface area contributed by atoms with E-state index in [1.165, 1.54) is 6.92 Å². The number of hydrogen-bond donors (Lipinski definition) is 0. The van der Waals surface area contributed by atoms with E-state index in [9.17, 15) is 44.1 Å². The molecule has 0 heterocycles. The van der Waals surface area contributed by atoms with E-state index in [0.717, 1.165) is 25.7 Å². The molecule has 0 aromatic rings. The average Bonchev–Trinajstić information content (AvgIpc) is 2.49. The molecule has 9 nitrogen and oxygen atoms in total. The maximum Gasteiger partial charge on any atom is 3.00 e. The Hall–Kier alpha value is -2.05. The molecule has 0 aromatic heterocycles. The summed E-state index contributed by atoms with van der Waals surface area (Å²) in [4.78, 5) is 60.2. The van der Waals surface area contributed by atoms with Gasteiger partial charge in [0.15, 0.2) is 0 Å². The summed E-state index contributed by atoms with van der Waals surface area (Å²) in [6.07, 6.45) is 2.77. The molecule has 0 unspecified atom stereocenters. The first-order valence-corrected chi connectivity index (χ1v) is 8.58. The predicted molar refractivity (Wildman–Crippen MR) is 94.4 cm³/mol. The topological polar surface area (TPSA) is 172 Å². The van der Waals surface area contributed by atoms with Crippen molar-refractivity contribution in [3.63, 3.8) is 0 Å². The standard InChI is InChI=1S/2C7H12O3.C4H6O3.Al/c2*1-2-3-4-6(8)5-7(9)10;1-3(5)2-4(6)7;/h2*2-5H2,1H3,(H,9,10);2H2,1H3,(H,6,7);/q;;;+3/p-3. The molecular formula is C18H27AlO9. The van der Waals surface area contributed by atoms with Crippen LogP contribution in [0, 0.1) is 0 Å². The van der Waals surface area contributed by atoms with Crippen molar-refractivity contribution in [2.75, 3.05) is 0 Å². The molecule has 0 aromatic carbocycles. The van der Waals surface area contributed by atoms with Gasteiger partial charge in [-0.1, -0.05) is 26.7 Å². The summed E-state index contributed by atoms with van der Waals surface area (Å²) in [5.41, 5.74) is 0. The van der Waals surface area contributed by atoms with Crippen LogP contribution in [0.15, 0.2) is 0 Å². The minimum Gasteiger partial charge on any atom is -0.550 e. The zero-order valence-electron chi connectivity index (χ0n) is 16.6. The van der Waals surface area contributed by atoms with Crippen molar-refractivity contribution in [1.82, 2.24) is 0 Å². The van der Waals surface area contributed by atoms with Gasteiger partial charge in [-0.15, -0.1) is 0 Å². The fraction of sp³-hybridized carbons (Fsp3) is 0.667. The van der Waals surface area contributed by atoms with Crippen molar-refractivity contribution in [1.29, 1.82) is 0 Å². The Kier molecular flexibility index (Phi) is 27.5. The number of carbonyl (C=O) groups excluding carboxylic acids is 6. The molecule has 0 amide bonds. The van der Waals surface area contributed by atoms with Crippen LogP contribution >= 0.6 is 0 Å². The Labute approximate surface area is 175 Å². The molecule has 0 aliphatic carbocycles. The number of Topliss-reactive ketones (excluding diaryl/α,β-unsaturated/α-hetero) is 3. The molecule has 0 atom stereocenters. The number of rotatable bonds is 12. The summed E-state index contributed by atoms with van der Waals surface area (Å²) in [5, 5.41) is 29.2. The first-order chi connectivity index (χ1) is 12.5. The summed E-state index contributed by atoms with van der Waals surface area (Å²) in [6.45, 7) is 5.11. The van der Waals surface area contributed by atoms with Crippen molar-refractivity contribution in [3.05, 3.63) is 0 Å². The number of carbonyl (C=O) groups is 6. The molecule has 0 spiro atoms. The summed E-state index contributed by atoms with van der Waals surface area (Å²) in [5.74, 6) is -4.71. The molecule has 0 rings (SSSR count). The van der Waals surface area contributed by atoms with Gasteiger partial charge in [-0.2, -0.15) is 0 Å². The predicted octanol–water partition coefficient (Wildman–Crippen LogP) is -1.89. The normalized spacial score (nSPS) is 8.68. The Morgan fingerprint density at radius 2 is 0.893 bits per heavy atom. The van der Waals surface area contributed by atoms with Crippen molar-refractivity contribution < 1.29 is 44.1 Å². The number of aliphatic carboxylic acids is 3. The number of carboxylic acid groups (broad SMARTS) is 3. The summed E-state index contributed by atoms with van der Waals surface area (Å²) in [7, 11) is 0. The van der Waals surface area contributed by atoms with Crippen LogP contribution in [0.4, 0.5) is 0 Å². The van der Waals surface area contributed by atoms with Gasteiger partial charge in [0.05, 0.1) is 0 Å². The van der Waals surface area contributed by atoms with Gasteiger partial charge in [0.1, 0.15) is 17.3 Å². The molecule has 0 saturated heterocycles. The Balaban J connectivity index is -0.000000154. The van der Waals surface area contributed by atoms with Crippen LogP contribution in [0.1, 0.15) is 78.6 Å². The largest absolute Gasteiger partial charge is 3.00 e. The van der Waals surface area contributed by atoms with Gasteiger partial charge >= 0.3 is 17.4 Å². The minimum absolute atomic E-state index is 0. The van der Waals surface area contributed by atoms with Gasteiger partial charge in [0.2, 0.25) is 0 Å². The second kappa shape index (κ2) is 23.0. The molecule has 156 valence electrons.